The molecular formula is C10H18N4O3S. The third kappa shape index (κ3) is 3.31. The Hall–Kier alpha value is -1.38. The van der Waals surface area contributed by atoms with Crippen molar-refractivity contribution in [2.75, 3.05) is 51.1 Å². The standard InChI is InChI=1S/C10H18N4O3S/c1-12-9(16)7-8(11)13-18-10(7)14(3-5-15)4-6-17-2/h15H,3-6H2,1-2H3,(H2,11,13)(H,12,16). The number of aromatic nitrogens is 1. The zero-order valence-corrected chi connectivity index (χ0v) is 11.3. The van der Waals surface area contributed by atoms with Crippen LogP contribution < -0.4 is 16.0 Å². The van der Waals surface area contributed by atoms with E-state index < -0.39 is 0 Å². The van der Waals surface area contributed by atoms with Crippen molar-refractivity contribution in [1.82, 2.24) is 9.69 Å². The first-order valence-electron chi connectivity index (χ1n) is 5.47. The van der Waals surface area contributed by atoms with E-state index in [1.807, 2.05) is 4.90 Å². The van der Waals surface area contributed by atoms with Crippen LogP contribution in [0.25, 0.3) is 0 Å². The fourth-order valence-corrected chi connectivity index (χ4v) is 2.35. The Morgan fingerprint density at radius 3 is 2.89 bits per heavy atom. The number of ether oxygens (including phenoxy) is 1. The van der Waals surface area contributed by atoms with E-state index in [2.05, 4.69) is 9.69 Å². The van der Waals surface area contributed by atoms with Crippen LogP contribution in [0, 0.1) is 0 Å². The van der Waals surface area contributed by atoms with Crippen LogP contribution in [-0.2, 0) is 4.74 Å². The molecule has 1 aromatic rings. The summed E-state index contributed by atoms with van der Waals surface area (Å²) in [6.45, 7) is 1.43. The second kappa shape index (κ2) is 7.14. The molecule has 0 saturated carbocycles. The molecule has 0 aliphatic rings. The fraction of sp³-hybridized carbons (Fsp3) is 0.600. The van der Waals surface area contributed by atoms with Crippen LogP contribution >= 0.6 is 11.5 Å². The van der Waals surface area contributed by atoms with Crippen molar-refractivity contribution in [1.29, 1.82) is 0 Å². The Bertz CT molecular complexity index is 396. The average Bonchev–Trinajstić information content (AvgIpc) is 2.75. The minimum absolute atomic E-state index is 0.0191. The highest BCUT2D eigenvalue weighted by atomic mass is 32.1. The van der Waals surface area contributed by atoms with Crippen molar-refractivity contribution < 1.29 is 14.6 Å². The summed E-state index contributed by atoms with van der Waals surface area (Å²) >= 11 is 1.14. The predicted octanol–water partition coefficient (Wildman–Crippen LogP) is -0.470. The van der Waals surface area contributed by atoms with E-state index in [9.17, 15) is 4.79 Å². The molecular weight excluding hydrogens is 256 g/mol. The van der Waals surface area contributed by atoms with Gasteiger partial charge in [-0.15, -0.1) is 0 Å². The molecule has 0 unspecified atom stereocenters. The van der Waals surface area contributed by atoms with Gasteiger partial charge < -0.3 is 25.8 Å². The number of nitrogen functional groups attached to an aromatic ring is 1. The van der Waals surface area contributed by atoms with Gasteiger partial charge in [0.25, 0.3) is 5.91 Å². The van der Waals surface area contributed by atoms with Gasteiger partial charge >= 0.3 is 0 Å². The molecule has 0 atom stereocenters. The summed E-state index contributed by atoms with van der Waals surface area (Å²) < 4.78 is 8.99. The lowest BCUT2D eigenvalue weighted by Gasteiger charge is -2.22. The van der Waals surface area contributed by atoms with Crippen LogP contribution in [-0.4, -0.2) is 55.8 Å². The first-order chi connectivity index (χ1) is 8.65. The topological polar surface area (TPSA) is 101 Å². The molecule has 0 radical (unpaired) electrons. The minimum atomic E-state index is -0.281. The van der Waals surface area contributed by atoms with E-state index in [4.69, 9.17) is 15.6 Å². The summed E-state index contributed by atoms with van der Waals surface area (Å²) in [6.07, 6.45) is 0. The van der Waals surface area contributed by atoms with Crippen LogP contribution in [0.5, 0.6) is 0 Å². The molecule has 0 saturated heterocycles. The van der Waals surface area contributed by atoms with Crippen molar-refractivity contribution in [3.63, 3.8) is 0 Å². The number of hydrogen-bond donors (Lipinski definition) is 3. The molecule has 18 heavy (non-hydrogen) atoms. The van der Waals surface area contributed by atoms with Crippen molar-refractivity contribution in [3.05, 3.63) is 5.56 Å². The normalized spacial score (nSPS) is 10.4. The van der Waals surface area contributed by atoms with Crippen LogP contribution in [0.15, 0.2) is 0 Å². The number of carbonyl (C=O) groups excluding carboxylic acids is 1. The van der Waals surface area contributed by atoms with E-state index in [0.717, 1.165) is 11.5 Å². The van der Waals surface area contributed by atoms with Crippen molar-refractivity contribution in [3.8, 4) is 0 Å². The summed E-state index contributed by atoms with van der Waals surface area (Å²) in [5.74, 6) is -0.0775. The van der Waals surface area contributed by atoms with Crippen molar-refractivity contribution >= 4 is 28.3 Å². The van der Waals surface area contributed by atoms with Gasteiger partial charge in [0, 0.05) is 27.2 Å². The number of nitrogens with one attached hydrogen (secondary N) is 1. The molecule has 0 aliphatic heterocycles. The molecule has 0 spiro atoms. The predicted molar refractivity (Wildman–Crippen MR) is 71.1 cm³/mol. The molecule has 1 rings (SSSR count). The molecule has 0 aromatic carbocycles. The van der Waals surface area contributed by atoms with Gasteiger partial charge in [0.2, 0.25) is 0 Å². The van der Waals surface area contributed by atoms with E-state index >= 15 is 0 Å². The maximum Gasteiger partial charge on any atom is 0.257 e. The number of nitrogens with zero attached hydrogens (tertiary/aromatic N) is 2. The van der Waals surface area contributed by atoms with Crippen LogP contribution in [0.3, 0.4) is 0 Å². The maximum atomic E-state index is 11.8. The van der Waals surface area contributed by atoms with Gasteiger partial charge in [-0.1, -0.05) is 0 Å². The molecule has 1 heterocycles. The Morgan fingerprint density at radius 2 is 2.33 bits per heavy atom. The second-order valence-electron chi connectivity index (χ2n) is 3.53. The van der Waals surface area contributed by atoms with Gasteiger partial charge in [0.15, 0.2) is 5.82 Å². The zero-order chi connectivity index (χ0) is 13.5. The molecule has 4 N–H and O–H groups in total. The Labute approximate surface area is 110 Å². The van der Waals surface area contributed by atoms with Crippen LogP contribution in [0.4, 0.5) is 10.8 Å². The Kier molecular flexibility index (Phi) is 5.83. The average molecular weight is 274 g/mol. The van der Waals surface area contributed by atoms with E-state index in [0.29, 0.717) is 30.3 Å². The molecule has 0 fully saturated rings. The smallest absolute Gasteiger partial charge is 0.257 e. The second-order valence-corrected chi connectivity index (χ2v) is 4.28. The number of aliphatic hydroxyl groups is 1. The van der Waals surface area contributed by atoms with Gasteiger partial charge in [-0.3, -0.25) is 4.79 Å². The zero-order valence-electron chi connectivity index (χ0n) is 10.5. The number of hydrogen-bond acceptors (Lipinski definition) is 7. The summed E-state index contributed by atoms with van der Waals surface area (Å²) in [7, 11) is 3.13. The van der Waals surface area contributed by atoms with E-state index in [1.165, 1.54) is 7.05 Å². The molecule has 1 aromatic heterocycles. The highest BCUT2D eigenvalue weighted by molar-refractivity contribution is 7.11. The summed E-state index contributed by atoms with van der Waals surface area (Å²) in [6, 6.07) is 0. The van der Waals surface area contributed by atoms with Gasteiger partial charge in [0.05, 0.1) is 13.2 Å². The number of methoxy groups -OCH3 is 1. The van der Waals surface area contributed by atoms with E-state index in [1.54, 1.807) is 7.11 Å². The maximum absolute atomic E-state index is 11.8. The molecule has 7 nitrogen and oxygen atoms in total. The lowest BCUT2D eigenvalue weighted by molar-refractivity contribution is 0.0964. The summed E-state index contributed by atoms with van der Waals surface area (Å²) in [5.41, 5.74) is 6.05. The Balaban J connectivity index is 2.99. The number of nitrogens with two attached hydrogens (primary N) is 1. The first-order valence-corrected chi connectivity index (χ1v) is 6.25. The molecule has 0 bridgehead atoms. The molecule has 8 heteroatoms. The van der Waals surface area contributed by atoms with Crippen molar-refractivity contribution in [2.24, 2.45) is 0 Å². The third-order valence-corrected chi connectivity index (χ3v) is 3.30. The third-order valence-electron chi connectivity index (χ3n) is 2.38. The number of carbonyl (C=O) groups is 1. The minimum Gasteiger partial charge on any atom is -0.395 e. The number of aliphatic hydroxyl groups excluding tert-OH is 1. The summed E-state index contributed by atoms with van der Waals surface area (Å²) in [4.78, 5) is 13.6. The highest BCUT2D eigenvalue weighted by Crippen LogP contribution is 2.30. The van der Waals surface area contributed by atoms with Crippen LogP contribution in [0.1, 0.15) is 10.4 Å². The van der Waals surface area contributed by atoms with Gasteiger partial charge in [-0.05, 0) is 11.5 Å². The largest absolute Gasteiger partial charge is 0.395 e. The first kappa shape index (κ1) is 14.7. The quantitative estimate of drug-likeness (QED) is 0.621. The molecule has 102 valence electrons. The fourth-order valence-electron chi connectivity index (χ4n) is 1.48. The number of amides is 1. The van der Waals surface area contributed by atoms with Gasteiger partial charge in [0.1, 0.15) is 10.6 Å². The van der Waals surface area contributed by atoms with Crippen LogP contribution in [0.2, 0.25) is 0 Å². The van der Waals surface area contributed by atoms with Gasteiger partial charge in [-0.25, -0.2) is 0 Å². The summed E-state index contributed by atoms with van der Waals surface area (Å²) in [5, 5.41) is 12.2. The highest BCUT2D eigenvalue weighted by Gasteiger charge is 2.22. The van der Waals surface area contributed by atoms with Crippen molar-refractivity contribution in [2.45, 2.75) is 0 Å². The molecule has 0 aliphatic carbocycles. The van der Waals surface area contributed by atoms with E-state index in [-0.39, 0.29) is 18.3 Å². The SMILES string of the molecule is CNC(=O)c1c(N)nsc1N(CCO)CCOC. The van der Waals surface area contributed by atoms with Gasteiger partial charge in [-0.2, -0.15) is 4.37 Å². The molecule has 1 amide bonds. The number of rotatable bonds is 7. The monoisotopic (exact) mass is 274 g/mol. The Morgan fingerprint density at radius 1 is 1.61 bits per heavy atom. The number of anilines is 2. The lowest BCUT2D eigenvalue weighted by Crippen LogP contribution is -2.31. The lowest BCUT2D eigenvalue weighted by atomic mass is 10.2.